The monoisotopic (exact) mass is 412 g/mol. The van der Waals surface area contributed by atoms with Crippen LogP contribution >= 0.6 is 0 Å². The van der Waals surface area contributed by atoms with E-state index in [0.29, 0.717) is 0 Å². The first-order valence-electron chi connectivity index (χ1n) is 11.5. The molecule has 0 bridgehead atoms. The fourth-order valence-electron chi connectivity index (χ4n) is 4.43. The number of hydrogen-bond acceptors (Lipinski definition) is 2. The topological polar surface area (TPSA) is 56.3 Å². The van der Waals surface area contributed by atoms with Crippen molar-refractivity contribution < 1.29 is 0 Å². The zero-order chi connectivity index (χ0) is 21.8. The van der Waals surface area contributed by atoms with Gasteiger partial charge >= 0.3 is 0 Å². The number of hydrogen-bond donors (Lipinski definition) is 2. The second-order valence-electron chi connectivity index (χ2n) is 8.10. The van der Waals surface area contributed by atoms with Gasteiger partial charge in [0, 0.05) is 42.6 Å². The maximum Gasteiger partial charge on any atom is 0.0685 e. The smallest absolute Gasteiger partial charge is 0.0685 e. The van der Waals surface area contributed by atoms with Crippen molar-refractivity contribution in [3.05, 3.63) is 80.7 Å². The van der Waals surface area contributed by atoms with Crippen molar-refractivity contribution in [1.82, 2.24) is 9.97 Å². The predicted molar refractivity (Wildman–Crippen MR) is 133 cm³/mol. The van der Waals surface area contributed by atoms with Gasteiger partial charge in [-0.15, -0.1) is 0 Å². The van der Waals surface area contributed by atoms with Crippen LogP contribution in [-0.4, -0.2) is 22.4 Å². The molecule has 0 saturated heterocycles. The highest BCUT2D eigenvalue weighted by Gasteiger charge is 2.14. The Labute approximate surface area is 185 Å². The predicted octanol–water partition coefficient (Wildman–Crippen LogP) is 7.02. The van der Waals surface area contributed by atoms with E-state index >= 15 is 0 Å². The maximum atomic E-state index is 4.62. The van der Waals surface area contributed by atoms with Crippen LogP contribution in [0.5, 0.6) is 0 Å². The summed E-state index contributed by atoms with van der Waals surface area (Å²) >= 11 is 0. The largest absolute Gasteiger partial charge is 0.361 e. The Bertz CT molecular complexity index is 1050. The Balaban J connectivity index is 1.47. The number of allylic oxidation sites excluding steroid dienone is 4. The van der Waals surface area contributed by atoms with Crippen LogP contribution in [0.4, 0.5) is 0 Å². The highest BCUT2D eigenvalue weighted by molar-refractivity contribution is 5.88. The van der Waals surface area contributed by atoms with Crippen LogP contribution < -0.4 is 0 Å². The SMILES string of the molecule is CCC1=C(CC)/C(=C/c2cc(Cc3c[nH]c(/C=C4\N=CC(CC)=C4CC)c3)c[nH]2)N=C1. The summed E-state index contributed by atoms with van der Waals surface area (Å²) in [5, 5.41) is 0. The van der Waals surface area contributed by atoms with Gasteiger partial charge in [0.2, 0.25) is 0 Å². The molecule has 2 aromatic heterocycles. The van der Waals surface area contributed by atoms with E-state index in [-0.39, 0.29) is 0 Å². The third kappa shape index (κ3) is 4.48. The normalized spacial score (nSPS) is 18.6. The Hall–Kier alpha value is -3.14. The average molecular weight is 413 g/mol. The van der Waals surface area contributed by atoms with Gasteiger partial charge in [-0.05, 0) is 83.4 Å². The minimum Gasteiger partial charge on any atom is -0.361 e. The number of nitrogens with one attached hydrogen (secondary N) is 2. The second-order valence-corrected chi connectivity index (χ2v) is 8.10. The minimum atomic E-state index is 0.888. The third-order valence-corrected chi connectivity index (χ3v) is 6.10. The molecule has 0 aliphatic carbocycles. The van der Waals surface area contributed by atoms with Gasteiger partial charge in [0.1, 0.15) is 0 Å². The molecular formula is C27H32N4. The van der Waals surface area contributed by atoms with Gasteiger partial charge < -0.3 is 9.97 Å². The lowest BCUT2D eigenvalue weighted by Crippen LogP contribution is -1.86. The molecule has 4 rings (SSSR count). The van der Waals surface area contributed by atoms with Crippen LogP contribution in [-0.2, 0) is 6.42 Å². The highest BCUT2D eigenvalue weighted by Crippen LogP contribution is 2.29. The molecule has 2 N–H and O–H groups in total. The molecule has 2 aliphatic rings. The number of rotatable bonds is 8. The van der Waals surface area contributed by atoms with Gasteiger partial charge in [-0.1, -0.05) is 27.7 Å². The Morgan fingerprint density at radius 1 is 0.677 bits per heavy atom. The molecule has 0 atom stereocenters. The van der Waals surface area contributed by atoms with E-state index in [2.05, 4.69) is 84.3 Å². The third-order valence-electron chi connectivity index (χ3n) is 6.10. The second kappa shape index (κ2) is 9.34. The molecule has 0 saturated carbocycles. The van der Waals surface area contributed by atoms with Gasteiger partial charge in [-0.25, -0.2) is 0 Å². The highest BCUT2D eigenvalue weighted by atomic mass is 14.8. The fourth-order valence-corrected chi connectivity index (χ4v) is 4.43. The average Bonchev–Trinajstić information content (AvgIpc) is 3.56. The first kappa shape index (κ1) is 21.1. The van der Waals surface area contributed by atoms with Crippen LogP contribution in [0.1, 0.15) is 75.9 Å². The molecule has 160 valence electrons. The zero-order valence-corrected chi connectivity index (χ0v) is 19.0. The molecule has 4 heteroatoms. The van der Waals surface area contributed by atoms with Crippen LogP contribution in [0.15, 0.2) is 68.2 Å². The number of aromatic amines is 2. The molecule has 0 unspecified atom stereocenters. The van der Waals surface area contributed by atoms with E-state index in [0.717, 1.165) is 54.9 Å². The maximum absolute atomic E-state index is 4.62. The van der Waals surface area contributed by atoms with Gasteiger partial charge in [0.25, 0.3) is 0 Å². The summed E-state index contributed by atoms with van der Waals surface area (Å²) in [5.74, 6) is 0. The first-order valence-corrected chi connectivity index (χ1v) is 11.5. The molecule has 4 heterocycles. The van der Waals surface area contributed by atoms with Crippen LogP contribution in [0.25, 0.3) is 12.2 Å². The van der Waals surface area contributed by atoms with Crippen molar-refractivity contribution in [2.75, 3.05) is 0 Å². The summed E-state index contributed by atoms with van der Waals surface area (Å²) in [5.41, 5.74) is 12.4. The van der Waals surface area contributed by atoms with Gasteiger partial charge in [0.15, 0.2) is 0 Å². The fraction of sp³-hybridized carbons (Fsp3) is 0.333. The van der Waals surface area contributed by atoms with E-state index in [1.165, 1.54) is 33.4 Å². The molecule has 0 aromatic carbocycles. The Morgan fingerprint density at radius 3 is 1.52 bits per heavy atom. The lowest BCUT2D eigenvalue weighted by atomic mass is 10.0. The zero-order valence-electron chi connectivity index (χ0n) is 19.0. The van der Waals surface area contributed by atoms with Gasteiger partial charge in [-0.3, -0.25) is 9.98 Å². The minimum absolute atomic E-state index is 0.888. The van der Waals surface area contributed by atoms with E-state index in [1.54, 1.807) is 0 Å². The lowest BCUT2D eigenvalue weighted by molar-refractivity contribution is 1.06. The Kier molecular flexibility index (Phi) is 6.36. The number of nitrogens with zero attached hydrogens (tertiary/aromatic N) is 2. The van der Waals surface area contributed by atoms with E-state index in [9.17, 15) is 0 Å². The number of H-pyrrole nitrogens is 2. The van der Waals surface area contributed by atoms with Crippen molar-refractivity contribution in [1.29, 1.82) is 0 Å². The lowest BCUT2D eigenvalue weighted by Gasteiger charge is -2.02. The van der Waals surface area contributed by atoms with Crippen LogP contribution in [0, 0.1) is 0 Å². The number of aliphatic imine (C=N–C) groups is 2. The first-order chi connectivity index (χ1) is 15.1. The van der Waals surface area contributed by atoms with Gasteiger partial charge in [-0.2, -0.15) is 0 Å². The quantitative estimate of drug-likeness (QED) is 0.468. The van der Waals surface area contributed by atoms with Crippen molar-refractivity contribution in [2.45, 2.75) is 59.8 Å². The van der Waals surface area contributed by atoms with Crippen molar-refractivity contribution in [3.8, 4) is 0 Å². The molecule has 0 fully saturated rings. The molecule has 4 nitrogen and oxygen atoms in total. The van der Waals surface area contributed by atoms with Crippen molar-refractivity contribution in [2.24, 2.45) is 9.98 Å². The summed E-state index contributed by atoms with van der Waals surface area (Å²) in [7, 11) is 0. The van der Waals surface area contributed by atoms with Crippen LogP contribution in [0.3, 0.4) is 0 Å². The molecule has 0 spiro atoms. The summed E-state index contributed by atoms with van der Waals surface area (Å²) in [6.07, 6.45) is 17.5. The summed E-state index contributed by atoms with van der Waals surface area (Å²) < 4.78 is 0. The standard InChI is InChI=1S/C27H32N4/c1-5-20-16-30-26(24(20)7-3)12-22-10-18(14-28-22)9-19-11-23(29-15-19)13-27-25(8-4)21(6-2)17-31-27/h10-17,28-29H,5-9H2,1-4H3/b26-12-,27-13-. The molecular weight excluding hydrogens is 380 g/mol. The summed E-state index contributed by atoms with van der Waals surface area (Å²) in [4.78, 5) is 16.0. The summed E-state index contributed by atoms with van der Waals surface area (Å²) in [6.45, 7) is 8.78. The van der Waals surface area contributed by atoms with E-state index in [1.807, 2.05) is 12.4 Å². The van der Waals surface area contributed by atoms with E-state index < -0.39 is 0 Å². The van der Waals surface area contributed by atoms with E-state index in [4.69, 9.17) is 0 Å². The summed E-state index contributed by atoms with van der Waals surface area (Å²) in [6, 6.07) is 4.44. The molecule has 2 aliphatic heterocycles. The van der Waals surface area contributed by atoms with Crippen LogP contribution in [0.2, 0.25) is 0 Å². The molecule has 0 amide bonds. The molecule has 0 radical (unpaired) electrons. The van der Waals surface area contributed by atoms with Crippen molar-refractivity contribution >= 4 is 24.6 Å². The molecule has 31 heavy (non-hydrogen) atoms. The van der Waals surface area contributed by atoms with Gasteiger partial charge in [0.05, 0.1) is 11.4 Å². The Morgan fingerprint density at radius 2 is 1.13 bits per heavy atom. The molecule has 2 aromatic rings. The number of aromatic nitrogens is 2. The van der Waals surface area contributed by atoms with Crippen molar-refractivity contribution in [3.63, 3.8) is 0 Å².